The first-order chi connectivity index (χ1) is 18.4. The van der Waals surface area contributed by atoms with E-state index in [0.717, 1.165) is 32.3 Å². The van der Waals surface area contributed by atoms with Gasteiger partial charge in [0, 0.05) is 6.07 Å². The van der Waals surface area contributed by atoms with Crippen LogP contribution in [0.2, 0.25) is 0 Å². The number of carbonyl (C=O) groups is 1. The highest BCUT2D eigenvalue weighted by molar-refractivity contribution is 7.92. The topological polar surface area (TPSA) is 94.2 Å². The molecular formula is C30H38N2O6S. The maximum absolute atomic E-state index is 13.9. The number of rotatable bonds is 11. The van der Waals surface area contributed by atoms with E-state index in [1.165, 1.54) is 32.4 Å². The molecule has 0 spiro atoms. The van der Waals surface area contributed by atoms with Gasteiger partial charge in [-0.25, -0.2) is 8.42 Å². The molecule has 3 rings (SSSR count). The number of methoxy groups -OCH3 is 3. The molecule has 9 heteroatoms. The van der Waals surface area contributed by atoms with Crippen molar-refractivity contribution in [2.24, 2.45) is 0 Å². The molecule has 3 aromatic carbocycles. The number of hydrogen-bond acceptors (Lipinski definition) is 6. The molecule has 8 nitrogen and oxygen atoms in total. The highest BCUT2D eigenvalue weighted by atomic mass is 32.2. The standard InChI is InChI=1S/C30H38N2O6S/c1-19(2)25-17-26(21(4)15-28(25)37-7)22(5)31-30(33)18-32(23-11-9-20(3)10-12-23)39(34,35)24-13-14-27(36-6)29(16-24)38-8/h9-17,19,22H,18H2,1-8H3,(H,31,33). The molecule has 1 N–H and O–H groups in total. The molecule has 0 bridgehead atoms. The van der Waals surface area contributed by atoms with Gasteiger partial charge in [0.15, 0.2) is 11.5 Å². The van der Waals surface area contributed by atoms with Gasteiger partial charge in [0.2, 0.25) is 5.91 Å². The molecule has 0 saturated carbocycles. The Bertz CT molecular complexity index is 1420. The summed E-state index contributed by atoms with van der Waals surface area (Å²) < 4.78 is 44.9. The summed E-state index contributed by atoms with van der Waals surface area (Å²) in [5.74, 6) is 1.27. The van der Waals surface area contributed by atoms with E-state index < -0.39 is 22.5 Å². The van der Waals surface area contributed by atoms with Crippen molar-refractivity contribution in [3.8, 4) is 17.2 Å². The number of sulfonamides is 1. The van der Waals surface area contributed by atoms with Crippen LogP contribution < -0.4 is 23.8 Å². The molecule has 0 saturated heterocycles. The van der Waals surface area contributed by atoms with E-state index >= 15 is 0 Å². The van der Waals surface area contributed by atoms with Crippen LogP contribution in [0.5, 0.6) is 17.2 Å². The Kier molecular flexibility index (Phi) is 9.50. The lowest BCUT2D eigenvalue weighted by molar-refractivity contribution is -0.120. The summed E-state index contributed by atoms with van der Waals surface area (Å²) in [6.45, 7) is 9.52. The maximum Gasteiger partial charge on any atom is 0.264 e. The van der Waals surface area contributed by atoms with E-state index in [0.29, 0.717) is 11.4 Å². The van der Waals surface area contributed by atoms with E-state index in [1.807, 2.05) is 32.9 Å². The Labute approximate surface area is 231 Å². The first kappa shape index (κ1) is 29.8. The minimum Gasteiger partial charge on any atom is -0.496 e. The van der Waals surface area contributed by atoms with Gasteiger partial charge in [-0.3, -0.25) is 9.10 Å². The Morgan fingerprint density at radius 2 is 1.44 bits per heavy atom. The van der Waals surface area contributed by atoms with Gasteiger partial charge >= 0.3 is 0 Å². The van der Waals surface area contributed by atoms with E-state index in [1.54, 1.807) is 31.4 Å². The number of amides is 1. The minimum atomic E-state index is -4.13. The van der Waals surface area contributed by atoms with Gasteiger partial charge in [-0.2, -0.15) is 0 Å². The summed E-state index contributed by atoms with van der Waals surface area (Å²) in [6.07, 6.45) is 0. The third kappa shape index (κ3) is 6.65. The van der Waals surface area contributed by atoms with Crippen LogP contribution in [0.3, 0.4) is 0 Å². The smallest absolute Gasteiger partial charge is 0.264 e. The molecule has 0 heterocycles. The molecule has 1 amide bonds. The fourth-order valence-electron chi connectivity index (χ4n) is 4.44. The van der Waals surface area contributed by atoms with Crippen LogP contribution in [-0.2, 0) is 14.8 Å². The summed E-state index contributed by atoms with van der Waals surface area (Å²) >= 11 is 0. The molecule has 0 aliphatic heterocycles. The molecular weight excluding hydrogens is 516 g/mol. The fraction of sp³-hybridized carbons (Fsp3) is 0.367. The Morgan fingerprint density at radius 1 is 0.821 bits per heavy atom. The van der Waals surface area contributed by atoms with Gasteiger partial charge < -0.3 is 19.5 Å². The van der Waals surface area contributed by atoms with Crippen LogP contribution >= 0.6 is 0 Å². The predicted octanol–water partition coefficient (Wildman–Crippen LogP) is 5.53. The summed E-state index contributed by atoms with van der Waals surface area (Å²) in [5, 5.41) is 2.99. The predicted molar refractivity (Wildman–Crippen MR) is 154 cm³/mol. The molecule has 0 aliphatic carbocycles. The van der Waals surface area contributed by atoms with Crippen LogP contribution in [0.1, 0.15) is 55.0 Å². The number of nitrogens with zero attached hydrogens (tertiary/aromatic N) is 1. The normalized spacial score (nSPS) is 12.1. The van der Waals surface area contributed by atoms with Gasteiger partial charge in [0.05, 0.1) is 38.0 Å². The highest BCUT2D eigenvalue weighted by Gasteiger charge is 2.29. The Balaban J connectivity index is 1.95. The number of hydrogen-bond donors (Lipinski definition) is 1. The molecule has 210 valence electrons. The zero-order valence-corrected chi connectivity index (χ0v) is 24.7. The van der Waals surface area contributed by atoms with Gasteiger partial charge in [-0.15, -0.1) is 0 Å². The van der Waals surface area contributed by atoms with Crippen LogP contribution in [0.4, 0.5) is 5.69 Å². The van der Waals surface area contributed by atoms with E-state index in [4.69, 9.17) is 14.2 Å². The third-order valence-electron chi connectivity index (χ3n) is 6.64. The van der Waals surface area contributed by atoms with Crippen molar-refractivity contribution in [1.29, 1.82) is 0 Å². The highest BCUT2D eigenvalue weighted by Crippen LogP contribution is 2.34. The molecule has 0 fully saturated rings. The summed E-state index contributed by atoms with van der Waals surface area (Å²) in [6, 6.07) is 15.0. The first-order valence-electron chi connectivity index (χ1n) is 12.7. The molecule has 3 aromatic rings. The van der Waals surface area contributed by atoms with Crippen molar-refractivity contribution < 1.29 is 27.4 Å². The fourth-order valence-corrected chi connectivity index (χ4v) is 5.87. The van der Waals surface area contributed by atoms with Gasteiger partial charge in [0.1, 0.15) is 12.3 Å². The molecule has 1 atom stereocenters. The van der Waals surface area contributed by atoms with Crippen molar-refractivity contribution in [1.82, 2.24) is 5.32 Å². The second kappa shape index (κ2) is 12.4. The number of aryl methyl sites for hydroxylation is 2. The number of carbonyl (C=O) groups excluding carboxylic acids is 1. The van der Waals surface area contributed by atoms with Gasteiger partial charge in [-0.05, 0) is 79.8 Å². The van der Waals surface area contributed by atoms with Crippen LogP contribution in [0.15, 0.2) is 59.5 Å². The number of anilines is 1. The van der Waals surface area contributed by atoms with Crippen LogP contribution in [0.25, 0.3) is 0 Å². The number of ether oxygens (including phenoxy) is 3. The molecule has 0 aliphatic rings. The van der Waals surface area contributed by atoms with E-state index in [2.05, 4.69) is 19.2 Å². The quantitative estimate of drug-likeness (QED) is 0.335. The Morgan fingerprint density at radius 3 is 2.00 bits per heavy atom. The molecule has 0 aromatic heterocycles. The number of nitrogens with one attached hydrogen (secondary N) is 1. The van der Waals surface area contributed by atoms with Crippen molar-refractivity contribution in [3.63, 3.8) is 0 Å². The zero-order valence-electron chi connectivity index (χ0n) is 23.9. The lowest BCUT2D eigenvalue weighted by Gasteiger charge is -2.26. The monoisotopic (exact) mass is 554 g/mol. The summed E-state index contributed by atoms with van der Waals surface area (Å²) in [5.41, 5.74) is 4.29. The van der Waals surface area contributed by atoms with E-state index in [-0.39, 0.29) is 22.6 Å². The molecule has 0 radical (unpaired) electrons. The van der Waals surface area contributed by atoms with Crippen molar-refractivity contribution >= 4 is 21.6 Å². The second-order valence-corrected chi connectivity index (χ2v) is 11.6. The van der Waals surface area contributed by atoms with Gasteiger partial charge in [0.25, 0.3) is 10.0 Å². The van der Waals surface area contributed by atoms with Gasteiger partial charge in [-0.1, -0.05) is 31.5 Å². The van der Waals surface area contributed by atoms with Crippen LogP contribution in [0, 0.1) is 13.8 Å². The molecule has 1 unspecified atom stereocenters. The number of benzene rings is 3. The average Bonchev–Trinajstić information content (AvgIpc) is 2.91. The van der Waals surface area contributed by atoms with Crippen molar-refractivity contribution in [3.05, 3.63) is 76.9 Å². The Hall–Kier alpha value is -3.72. The lowest BCUT2D eigenvalue weighted by Crippen LogP contribution is -2.41. The van der Waals surface area contributed by atoms with Crippen LogP contribution in [-0.4, -0.2) is 42.2 Å². The largest absolute Gasteiger partial charge is 0.496 e. The van der Waals surface area contributed by atoms with E-state index in [9.17, 15) is 13.2 Å². The lowest BCUT2D eigenvalue weighted by atomic mass is 9.93. The second-order valence-electron chi connectivity index (χ2n) is 9.76. The van der Waals surface area contributed by atoms with Crippen molar-refractivity contribution in [2.45, 2.75) is 51.5 Å². The minimum absolute atomic E-state index is 0.0193. The summed E-state index contributed by atoms with van der Waals surface area (Å²) in [4.78, 5) is 13.3. The average molecular weight is 555 g/mol. The SMILES string of the molecule is COc1ccc(S(=O)(=O)N(CC(=O)NC(C)c2cc(C(C)C)c(OC)cc2C)c2ccc(C)cc2)cc1OC. The third-order valence-corrected chi connectivity index (χ3v) is 8.41. The summed E-state index contributed by atoms with van der Waals surface area (Å²) in [7, 11) is 0.422. The molecule has 39 heavy (non-hydrogen) atoms. The first-order valence-corrected chi connectivity index (χ1v) is 14.2. The van der Waals surface area contributed by atoms with Crippen molar-refractivity contribution in [2.75, 3.05) is 32.2 Å². The maximum atomic E-state index is 13.9. The zero-order chi connectivity index (χ0) is 28.9.